The predicted molar refractivity (Wildman–Crippen MR) is 59.8 cm³/mol. The molecule has 1 rings (SSSR count). The molecule has 0 bridgehead atoms. The molecule has 1 heterocycles. The maximum atomic E-state index is 5.67. The largest absolute Gasteiger partial charge is 0.383 e. The van der Waals surface area contributed by atoms with E-state index >= 15 is 0 Å². The van der Waals surface area contributed by atoms with Gasteiger partial charge in [0.25, 0.3) is 0 Å². The van der Waals surface area contributed by atoms with Crippen LogP contribution in [-0.2, 0) is 10.2 Å². The zero-order chi connectivity index (χ0) is 10.9. The topological polar surface area (TPSA) is 51.8 Å². The molecule has 2 N–H and O–H groups in total. The summed E-state index contributed by atoms with van der Waals surface area (Å²) in [6.45, 7) is 3.80. The van der Waals surface area contributed by atoms with Crippen LogP contribution in [-0.4, -0.2) is 9.97 Å². The summed E-state index contributed by atoms with van der Waals surface area (Å²) in [5, 5.41) is 0. The molecule has 0 unspecified atom stereocenters. The van der Waals surface area contributed by atoms with E-state index in [1.54, 1.807) is 0 Å². The van der Waals surface area contributed by atoms with E-state index < -0.39 is 3.79 Å². The van der Waals surface area contributed by atoms with Gasteiger partial charge < -0.3 is 5.73 Å². The van der Waals surface area contributed by atoms with E-state index in [0.717, 1.165) is 17.7 Å². The maximum absolute atomic E-state index is 5.67. The molecule has 0 atom stereocenters. The van der Waals surface area contributed by atoms with Crippen LogP contribution in [0.3, 0.4) is 0 Å². The summed E-state index contributed by atoms with van der Waals surface area (Å²) in [6.07, 6.45) is 0.728. The van der Waals surface area contributed by atoms with Crippen LogP contribution in [0.15, 0.2) is 0 Å². The lowest BCUT2D eigenvalue weighted by atomic mass is 10.2. The summed E-state index contributed by atoms with van der Waals surface area (Å²) < 4.78 is -1.62. The second-order valence-electron chi connectivity index (χ2n) is 2.86. The van der Waals surface area contributed by atoms with Gasteiger partial charge in [-0.1, -0.05) is 41.7 Å². The Morgan fingerprint density at radius 2 is 1.86 bits per heavy atom. The molecule has 0 saturated heterocycles. The molecule has 14 heavy (non-hydrogen) atoms. The van der Waals surface area contributed by atoms with Gasteiger partial charge in [-0.05, 0) is 13.3 Å². The summed E-state index contributed by atoms with van der Waals surface area (Å²) in [5.41, 5.74) is 7.31. The molecule has 6 heteroatoms. The second-order valence-corrected chi connectivity index (χ2v) is 5.14. The fraction of sp³-hybridized carbons (Fsp3) is 0.500. The van der Waals surface area contributed by atoms with Crippen molar-refractivity contribution in [2.75, 3.05) is 5.73 Å². The van der Waals surface area contributed by atoms with Crippen LogP contribution in [0.5, 0.6) is 0 Å². The number of anilines is 1. The standard InChI is InChI=1S/C8H10Cl3N3/c1-3-5-4(2)6(12)14-7(13-5)8(9,10)11/h3H2,1-2H3,(H2,12,13,14). The summed E-state index contributed by atoms with van der Waals surface area (Å²) in [7, 11) is 0. The van der Waals surface area contributed by atoms with Gasteiger partial charge in [0.2, 0.25) is 3.79 Å². The normalized spacial score (nSPS) is 11.8. The predicted octanol–water partition coefficient (Wildman–Crippen LogP) is 2.76. The molecular formula is C8H10Cl3N3. The van der Waals surface area contributed by atoms with E-state index in [4.69, 9.17) is 40.5 Å². The van der Waals surface area contributed by atoms with Crippen molar-refractivity contribution in [3.05, 3.63) is 17.1 Å². The number of aryl methyl sites for hydroxylation is 1. The monoisotopic (exact) mass is 253 g/mol. The average Bonchev–Trinajstić information content (AvgIpc) is 2.07. The van der Waals surface area contributed by atoms with E-state index in [2.05, 4.69) is 9.97 Å². The number of aromatic nitrogens is 2. The summed E-state index contributed by atoms with van der Waals surface area (Å²) in [5.74, 6) is 0.487. The Kier molecular flexibility index (Phi) is 3.45. The van der Waals surface area contributed by atoms with Crippen molar-refractivity contribution in [2.45, 2.75) is 24.1 Å². The number of nitrogen functional groups attached to an aromatic ring is 1. The van der Waals surface area contributed by atoms with E-state index in [9.17, 15) is 0 Å². The van der Waals surface area contributed by atoms with Crippen LogP contribution in [0.1, 0.15) is 24.0 Å². The molecule has 78 valence electrons. The molecule has 0 radical (unpaired) electrons. The Morgan fingerprint density at radius 3 is 2.29 bits per heavy atom. The fourth-order valence-electron chi connectivity index (χ4n) is 1.05. The van der Waals surface area contributed by atoms with Crippen LogP contribution in [0.2, 0.25) is 0 Å². The third kappa shape index (κ3) is 2.41. The summed E-state index contributed by atoms with van der Waals surface area (Å²) in [4.78, 5) is 8.06. The van der Waals surface area contributed by atoms with Crippen molar-refractivity contribution in [2.24, 2.45) is 0 Å². The zero-order valence-corrected chi connectivity index (χ0v) is 10.1. The van der Waals surface area contributed by atoms with Crippen molar-refractivity contribution >= 4 is 40.6 Å². The van der Waals surface area contributed by atoms with Crippen LogP contribution in [0, 0.1) is 6.92 Å². The molecular weight excluding hydrogens is 244 g/mol. The molecule has 0 fully saturated rings. The molecule has 1 aromatic heterocycles. The lowest BCUT2D eigenvalue weighted by Crippen LogP contribution is -2.13. The number of rotatable bonds is 1. The number of hydrogen-bond acceptors (Lipinski definition) is 3. The van der Waals surface area contributed by atoms with Crippen molar-refractivity contribution in [1.29, 1.82) is 0 Å². The molecule has 0 aromatic carbocycles. The summed E-state index contributed by atoms with van der Waals surface area (Å²) >= 11 is 17.0. The van der Waals surface area contributed by atoms with Gasteiger partial charge in [-0.25, -0.2) is 9.97 Å². The number of nitrogens with zero attached hydrogens (tertiary/aromatic N) is 2. The minimum atomic E-state index is -1.62. The van der Waals surface area contributed by atoms with Crippen molar-refractivity contribution in [3.8, 4) is 0 Å². The lowest BCUT2D eigenvalue weighted by Gasteiger charge is -2.13. The fourth-order valence-corrected chi connectivity index (χ4v) is 1.31. The lowest BCUT2D eigenvalue weighted by molar-refractivity contribution is 0.893. The van der Waals surface area contributed by atoms with Gasteiger partial charge >= 0.3 is 0 Å². The Labute approximate surface area is 97.6 Å². The van der Waals surface area contributed by atoms with Crippen molar-refractivity contribution in [1.82, 2.24) is 9.97 Å². The highest BCUT2D eigenvalue weighted by Crippen LogP contribution is 2.36. The minimum absolute atomic E-state index is 0.127. The molecule has 0 aliphatic carbocycles. The number of halogens is 3. The maximum Gasteiger partial charge on any atom is 0.250 e. The molecule has 0 aliphatic heterocycles. The SMILES string of the molecule is CCc1nc(C(Cl)(Cl)Cl)nc(N)c1C. The highest BCUT2D eigenvalue weighted by Gasteiger charge is 2.28. The first-order valence-electron chi connectivity index (χ1n) is 4.06. The van der Waals surface area contributed by atoms with Crippen LogP contribution in [0.4, 0.5) is 5.82 Å². The molecule has 3 nitrogen and oxygen atoms in total. The smallest absolute Gasteiger partial charge is 0.250 e. The second kappa shape index (κ2) is 4.09. The summed E-state index contributed by atoms with van der Waals surface area (Å²) in [6, 6.07) is 0. The van der Waals surface area contributed by atoms with E-state index in [-0.39, 0.29) is 5.82 Å². The highest BCUT2D eigenvalue weighted by atomic mass is 35.6. The first-order chi connectivity index (χ1) is 6.36. The third-order valence-electron chi connectivity index (χ3n) is 1.87. The molecule has 0 saturated carbocycles. The van der Waals surface area contributed by atoms with Gasteiger partial charge in [0, 0.05) is 11.3 Å². The van der Waals surface area contributed by atoms with E-state index in [0.29, 0.717) is 5.82 Å². The molecule has 1 aromatic rings. The Balaban J connectivity index is 3.30. The zero-order valence-electron chi connectivity index (χ0n) is 7.81. The van der Waals surface area contributed by atoms with Gasteiger partial charge in [-0.2, -0.15) is 0 Å². The van der Waals surface area contributed by atoms with E-state index in [1.165, 1.54) is 0 Å². The van der Waals surface area contributed by atoms with Crippen LogP contribution < -0.4 is 5.73 Å². The van der Waals surface area contributed by atoms with Gasteiger partial charge in [-0.15, -0.1) is 0 Å². The number of hydrogen-bond donors (Lipinski definition) is 1. The highest BCUT2D eigenvalue weighted by molar-refractivity contribution is 6.66. The number of alkyl halides is 3. The Morgan fingerprint density at radius 1 is 1.29 bits per heavy atom. The Hall–Kier alpha value is -0.250. The van der Waals surface area contributed by atoms with Crippen LogP contribution in [0.25, 0.3) is 0 Å². The van der Waals surface area contributed by atoms with Gasteiger partial charge in [0.1, 0.15) is 5.82 Å². The first-order valence-corrected chi connectivity index (χ1v) is 5.19. The van der Waals surface area contributed by atoms with Crippen molar-refractivity contribution in [3.63, 3.8) is 0 Å². The third-order valence-corrected chi connectivity index (χ3v) is 2.38. The molecule has 0 aliphatic rings. The quantitative estimate of drug-likeness (QED) is 0.784. The van der Waals surface area contributed by atoms with E-state index in [1.807, 2.05) is 13.8 Å². The molecule has 0 spiro atoms. The van der Waals surface area contributed by atoms with Crippen molar-refractivity contribution < 1.29 is 0 Å². The number of nitrogens with two attached hydrogens (primary N) is 1. The van der Waals surface area contributed by atoms with Gasteiger partial charge in [0.05, 0.1) is 0 Å². The Bertz CT molecular complexity index is 346. The molecule has 0 amide bonds. The van der Waals surface area contributed by atoms with Gasteiger partial charge in [-0.3, -0.25) is 0 Å². The first kappa shape index (κ1) is 11.8. The van der Waals surface area contributed by atoms with Gasteiger partial charge in [0.15, 0.2) is 5.82 Å². The van der Waals surface area contributed by atoms with Crippen LogP contribution >= 0.6 is 34.8 Å². The minimum Gasteiger partial charge on any atom is -0.383 e. The average molecular weight is 255 g/mol.